The fraction of sp³-hybridized carbons (Fsp3) is 0.286. The molecule has 5 heterocycles. The van der Waals surface area contributed by atoms with Crippen LogP contribution in [0.25, 0.3) is 33.0 Å². The van der Waals surface area contributed by atoms with Crippen LogP contribution in [0, 0.1) is 5.41 Å². The molecule has 0 saturated heterocycles. The van der Waals surface area contributed by atoms with Crippen molar-refractivity contribution in [3.8, 4) is 0 Å². The molecule has 0 fully saturated rings. The van der Waals surface area contributed by atoms with Gasteiger partial charge in [-0.1, -0.05) is 50.2 Å². The van der Waals surface area contributed by atoms with Gasteiger partial charge in [-0.3, -0.25) is 14.9 Å². The fourth-order valence-electron chi connectivity index (χ4n) is 6.28. The molecule has 2 amide bonds. The number of benzene rings is 2. The van der Waals surface area contributed by atoms with Crippen LogP contribution in [0.1, 0.15) is 36.1 Å². The van der Waals surface area contributed by atoms with Gasteiger partial charge in [0, 0.05) is 60.5 Å². The van der Waals surface area contributed by atoms with Gasteiger partial charge in [0.1, 0.15) is 0 Å². The molecule has 0 unspecified atom stereocenters. The molecule has 3 aliphatic heterocycles. The summed E-state index contributed by atoms with van der Waals surface area (Å²) in [4.78, 5) is 26.5. The number of amides is 2. The van der Waals surface area contributed by atoms with Gasteiger partial charge in [-0.05, 0) is 23.0 Å². The Bertz CT molecular complexity index is 1600. The Morgan fingerprint density at radius 2 is 1.44 bits per heavy atom. The smallest absolute Gasteiger partial charge is 0.259 e. The second kappa shape index (κ2) is 6.70. The predicted molar refractivity (Wildman–Crippen MR) is 133 cm³/mol. The number of rotatable bonds is 2. The van der Waals surface area contributed by atoms with Crippen molar-refractivity contribution in [2.45, 2.75) is 39.9 Å². The van der Waals surface area contributed by atoms with Crippen LogP contribution in [-0.4, -0.2) is 27.5 Å². The van der Waals surface area contributed by atoms with E-state index in [0.29, 0.717) is 11.1 Å². The second-order valence-electron chi connectivity index (χ2n) is 10.6. The first-order valence-corrected chi connectivity index (χ1v) is 11.9. The number of aromatic nitrogens is 2. The molecule has 0 aliphatic carbocycles. The van der Waals surface area contributed by atoms with E-state index in [4.69, 9.17) is 0 Å². The van der Waals surface area contributed by atoms with Gasteiger partial charge < -0.3 is 14.5 Å². The van der Waals surface area contributed by atoms with Crippen LogP contribution in [0.3, 0.4) is 0 Å². The summed E-state index contributed by atoms with van der Waals surface area (Å²) in [5.41, 5.74) is 7.63. The Morgan fingerprint density at radius 3 is 2.15 bits per heavy atom. The Hall–Kier alpha value is -3.64. The standard InChI is InChI=1S/C28H26N4O2/c1-28(2)11-16-5-3-7-18-21(14-32(15-28)24(16)18)23-22(26(33)30-27(23)34)20-13-31-10-9-29-12-17-6-4-8-19(20)25(17)31/h3-8,13-14,29H,9-12,15H2,1-2H3,(H,30,33,34). The zero-order valence-electron chi connectivity index (χ0n) is 19.4. The van der Waals surface area contributed by atoms with E-state index in [2.05, 4.69) is 76.3 Å². The molecular formula is C28H26N4O2. The summed E-state index contributed by atoms with van der Waals surface area (Å²) in [7, 11) is 0. The normalized spacial score (nSPS) is 19.2. The van der Waals surface area contributed by atoms with Crippen molar-refractivity contribution < 1.29 is 9.59 Å². The number of hydrogen-bond donors (Lipinski definition) is 2. The third-order valence-corrected chi connectivity index (χ3v) is 7.55. The molecule has 4 aromatic rings. The lowest BCUT2D eigenvalue weighted by molar-refractivity contribution is -0.122. The number of imide groups is 1. The van der Waals surface area contributed by atoms with Crippen molar-refractivity contribution in [1.82, 2.24) is 19.8 Å². The van der Waals surface area contributed by atoms with Crippen molar-refractivity contribution in [2.24, 2.45) is 5.41 Å². The minimum absolute atomic E-state index is 0.133. The predicted octanol–water partition coefficient (Wildman–Crippen LogP) is 3.85. The zero-order valence-corrected chi connectivity index (χ0v) is 19.4. The number of nitrogens with zero attached hydrogens (tertiary/aromatic N) is 2. The summed E-state index contributed by atoms with van der Waals surface area (Å²) in [6, 6.07) is 12.6. The largest absolute Gasteiger partial charge is 0.346 e. The van der Waals surface area contributed by atoms with Gasteiger partial charge in [-0.2, -0.15) is 0 Å². The van der Waals surface area contributed by atoms with Gasteiger partial charge in [0.15, 0.2) is 0 Å². The third kappa shape index (κ3) is 2.66. The van der Waals surface area contributed by atoms with Crippen LogP contribution in [0.5, 0.6) is 0 Å². The molecule has 7 rings (SSSR count). The first kappa shape index (κ1) is 19.8. The van der Waals surface area contributed by atoms with E-state index in [-0.39, 0.29) is 17.2 Å². The summed E-state index contributed by atoms with van der Waals surface area (Å²) in [5.74, 6) is -0.624. The Balaban J connectivity index is 1.53. The average molecular weight is 451 g/mol. The average Bonchev–Trinajstić information content (AvgIpc) is 3.36. The van der Waals surface area contributed by atoms with Crippen molar-refractivity contribution in [3.63, 3.8) is 0 Å². The number of nitrogens with one attached hydrogen (secondary N) is 2. The maximum absolute atomic E-state index is 13.3. The molecule has 6 heteroatoms. The maximum atomic E-state index is 13.3. The number of carbonyl (C=O) groups is 2. The molecule has 0 atom stereocenters. The van der Waals surface area contributed by atoms with Crippen molar-refractivity contribution in [1.29, 1.82) is 0 Å². The third-order valence-electron chi connectivity index (χ3n) is 7.55. The molecular weight excluding hydrogens is 424 g/mol. The van der Waals surface area contributed by atoms with Gasteiger partial charge >= 0.3 is 0 Å². The van der Waals surface area contributed by atoms with Crippen LogP contribution >= 0.6 is 0 Å². The van der Waals surface area contributed by atoms with E-state index in [1.165, 1.54) is 16.6 Å². The fourth-order valence-corrected chi connectivity index (χ4v) is 6.28. The van der Waals surface area contributed by atoms with E-state index >= 15 is 0 Å². The van der Waals surface area contributed by atoms with Gasteiger partial charge in [-0.15, -0.1) is 0 Å². The quantitative estimate of drug-likeness (QED) is 0.456. The zero-order chi connectivity index (χ0) is 23.2. The summed E-state index contributed by atoms with van der Waals surface area (Å²) in [5, 5.41) is 8.13. The Kier molecular flexibility index (Phi) is 3.90. The second-order valence-corrected chi connectivity index (χ2v) is 10.6. The van der Waals surface area contributed by atoms with Crippen molar-refractivity contribution in [2.75, 3.05) is 6.54 Å². The molecule has 3 aliphatic rings. The molecule has 0 saturated carbocycles. The van der Waals surface area contributed by atoms with Gasteiger partial charge in [-0.25, -0.2) is 0 Å². The number of para-hydroxylation sites is 2. The summed E-state index contributed by atoms with van der Waals surface area (Å²) >= 11 is 0. The lowest BCUT2D eigenvalue weighted by atomic mass is 9.82. The Morgan fingerprint density at radius 1 is 0.824 bits per heavy atom. The highest BCUT2D eigenvalue weighted by Gasteiger charge is 2.37. The van der Waals surface area contributed by atoms with Crippen LogP contribution in [0.15, 0.2) is 48.8 Å². The van der Waals surface area contributed by atoms with Gasteiger partial charge in [0.2, 0.25) is 0 Å². The first-order valence-electron chi connectivity index (χ1n) is 11.9. The molecule has 6 nitrogen and oxygen atoms in total. The number of hydrogen-bond acceptors (Lipinski definition) is 3. The maximum Gasteiger partial charge on any atom is 0.259 e. The SMILES string of the molecule is CC1(C)Cc2cccc3c(C4=C(c5cn6c7c(cccc57)CNCC6)C(=O)NC4=O)cn(c23)C1. The molecule has 2 aromatic heterocycles. The summed E-state index contributed by atoms with van der Waals surface area (Å²) in [6.07, 6.45) is 5.13. The van der Waals surface area contributed by atoms with Crippen LogP contribution in [0.4, 0.5) is 0 Å². The van der Waals surface area contributed by atoms with Crippen molar-refractivity contribution in [3.05, 3.63) is 71.0 Å². The lowest BCUT2D eigenvalue weighted by Crippen LogP contribution is -2.26. The molecule has 2 N–H and O–H groups in total. The van der Waals surface area contributed by atoms with Crippen LogP contribution < -0.4 is 10.6 Å². The molecule has 2 aromatic carbocycles. The van der Waals surface area contributed by atoms with Crippen LogP contribution in [0.2, 0.25) is 0 Å². The summed E-state index contributed by atoms with van der Waals surface area (Å²) in [6.45, 7) is 7.91. The van der Waals surface area contributed by atoms with Gasteiger partial charge in [0.25, 0.3) is 11.8 Å². The van der Waals surface area contributed by atoms with E-state index < -0.39 is 0 Å². The minimum atomic E-state index is -0.313. The minimum Gasteiger partial charge on any atom is -0.346 e. The van der Waals surface area contributed by atoms with Crippen LogP contribution in [-0.2, 0) is 35.6 Å². The molecule has 170 valence electrons. The number of carbonyl (C=O) groups excluding carboxylic acids is 2. The van der Waals surface area contributed by atoms with E-state index in [1.807, 2.05) is 6.07 Å². The highest BCUT2D eigenvalue weighted by atomic mass is 16.2. The Labute approximate surface area is 197 Å². The van der Waals surface area contributed by atoms with E-state index in [9.17, 15) is 9.59 Å². The van der Waals surface area contributed by atoms with E-state index in [1.54, 1.807) is 0 Å². The highest BCUT2D eigenvalue weighted by molar-refractivity contribution is 6.50. The lowest BCUT2D eigenvalue weighted by Gasteiger charge is -2.31. The molecule has 0 bridgehead atoms. The van der Waals surface area contributed by atoms with Crippen molar-refractivity contribution >= 4 is 44.8 Å². The summed E-state index contributed by atoms with van der Waals surface area (Å²) < 4.78 is 4.49. The molecule has 0 radical (unpaired) electrons. The molecule has 0 spiro atoms. The first-order chi connectivity index (χ1) is 16.4. The topological polar surface area (TPSA) is 68.1 Å². The van der Waals surface area contributed by atoms with Gasteiger partial charge in [0.05, 0.1) is 22.2 Å². The van der Waals surface area contributed by atoms with E-state index in [0.717, 1.165) is 60.0 Å². The highest BCUT2D eigenvalue weighted by Crippen LogP contribution is 2.43. The molecule has 34 heavy (non-hydrogen) atoms. The monoisotopic (exact) mass is 450 g/mol.